The first-order valence-corrected chi connectivity index (χ1v) is 10.3. The second-order valence-electron chi connectivity index (χ2n) is 7.28. The van der Waals surface area contributed by atoms with Crippen molar-refractivity contribution in [3.8, 4) is 11.3 Å². The Balaban J connectivity index is 1.49. The summed E-state index contributed by atoms with van der Waals surface area (Å²) < 4.78 is 5.41. The fraction of sp³-hybridized carbons (Fsp3) is 0.261. The van der Waals surface area contributed by atoms with E-state index in [2.05, 4.69) is 37.6 Å². The molecule has 8 heteroatoms. The van der Waals surface area contributed by atoms with Crippen molar-refractivity contribution in [2.75, 3.05) is 43.2 Å². The second kappa shape index (κ2) is 9.55. The molecule has 3 aromatic rings. The monoisotopic (exact) mass is 418 g/mol. The van der Waals surface area contributed by atoms with Crippen LogP contribution in [0.4, 0.5) is 17.3 Å². The lowest BCUT2D eigenvalue weighted by Crippen LogP contribution is -2.36. The van der Waals surface area contributed by atoms with Crippen LogP contribution in [0.5, 0.6) is 0 Å². The van der Waals surface area contributed by atoms with E-state index < -0.39 is 0 Å². The summed E-state index contributed by atoms with van der Waals surface area (Å²) in [7, 11) is 0. The molecule has 1 fully saturated rings. The van der Waals surface area contributed by atoms with Crippen LogP contribution in [0.3, 0.4) is 0 Å². The maximum atomic E-state index is 12.0. The number of aromatic nitrogens is 2. The van der Waals surface area contributed by atoms with Gasteiger partial charge in [-0.3, -0.25) is 4.79 Å². The van der Waals surface area contributed by atoms with Gasteiger partial charge in [0.2, 0.25) is 5.95 Å². The number of nitrogens with zero attached hydrogens (tertiary/aromatic N) is 3. The number of rotatable bonds is 6. The first-order chi connectivity index (χ1) is 15.1. The summed E-state index contributed by atoms with van der Waals surface area (Å²) in [6.45, 7) is 5.40. The van der Waals surface area contributed by atoms with Crippen molar-refractivity contribution in [2.24, 2.45) is 5.73 Å². The Kier molecular flexibility index (Phi) is 6.40. The maximum Gasteiger partial charge on any atom is 0.252 e. The third-order valence-corrected chi connectivity index (χ3v) is 5.18. The zero-order chi connectivity index (χ0) is 21.6. The van der Waals surface area contributed by atoms with Gasteiger partial charge in [0, 0.05) is 41.8 Å². The molecule has 8 nitrogen and oxygen atoms in total. The van der Waals surface area contributed by atoms with Crippen molar-refractivity contribution in [2.45, 2.75) is 6.92 Å². The number of hydrogen-bond acceptors (Lipinski definition) is 7. The fourth-order valence-electron chi connectivity index (χ4n) is 3.56. The third-order valence-electron chi connectivity index (χ3n) is 5.18. The van der Waals surface area contributed by atoms with Gasteiger partial charge >= 0.3 is 0 Å². The Labute approximate surface area is 181 Å². The van der Waals surface area contributed by atoms with Crippen LogP contribution in [0.25, 0.3) is 11.3 Å². The number of carbonyl (C=O) groups excluding carboxylic acids is 1. The van der Waals surface area contributed by atoms with E-state index in [1.807, 2.05) is 37.3 Å². The summed E-state index contributed by atoms with van der Waals surface area (Å²) in [6.07, 6.45) is 1.72. The van der Waals surface area contributed by atoms with Crippen LogP contribution in [-0.4, -0.2) is 48.8 Å². The molecular weight excluding hydrogens is 392 g/mol. The molecule has 31 heavy (non-hydrogen) atoms. The predicted octanol–water partition coefficient (Wildman–Crippen LogP) is 2.68. The average Bonchev–Trinajstić information content (AvgIpc) is 2.80. The highest BCUT2D eigenvalue weighted by Crippen LogP contribution is 2.25. The van der Waals surface area contributed by atoms with Gasteiger partial charge in [0.25, 0.3) is 5.91 Å². The number of amides is 1. The Hall–Kier alpha value is -3.49. The molecular formula is C23H26N6O2. The molecule has 1 saturated heterocycles. The van der Waals surface area contributed by atoms with Crippen molar-refractivity contribution in [1.29, 1.82) is 0 Å². The van der Waals surface area contributed by atoms with Gasteiger partial charge in [-0.15, -0.1) is 0 Å². The lowest BCUT2D eigenvalue weighted by molar-refractivity contribution is 0.0954. The lowest BCUT2D eigenvalue weighted by atomic mass is 10.0. The second-order valence-corrected chi connectivity index (χ2v) is 7.28. The van der Waals surface area contributed by atoms with Gasteiger partial charge in [0.05, 0.1) is 25.6 Å². The van der Waals surface area contributed by atoms with Crippen molar-refractivity contribution < 1.29 is 9.53 Å². The van der Waals surface area contributed by atoms with Crippen molar-refractivity contribution in [3.63, 3.8) is 0 Å². The van der Waals surface area contributed by atoms with Crippen LogP contribution in [0.1, 0.15) is 15.9 Å². The summed E-state index contributed by atoms with van der Waals surface area (Å²) in [4.78, 5) is 23.3. The van der Waals surface area contributed by atoms with E-state index in [-0.39, 0.29) is 12.6 Å². The molecule has 0 radical (unpaired) electrons. The number of aryl methyl sites for hydroxylation is 1. The maximum absolute atomic E-state index is 12.0. The van der Waals surface area contributed by atoms with Crippen LogP contribution in [0.15, 0.2) is 54.7 Å². The van der Waals surface area contributed by atoms with Gasteiger partial charge in [-0.25, -0.2) is 9.97 Å². The largest absolute Gasteiger partial charge is 0.378 e. The minimum Gasteiger partial charge on any atom is -0.378 e. The normalized spacial score (nSPS) is 13.7. The predicted molar refractivity (Wildman–Crippen MR) is 121 cm³/mol. The quantitative estimate of drug-likeness (QED) is 0.529. The summed E-state index contributed by atoms with van der Waals surface area (Å²) in [5, 5.41) is 5.87. The fourth-order valence-corrected chi connectivity index (χ4v) is 3.56. The van der Waals surface area contributed by atoms with E-state index in [0.717, 1.165) is 48.8 Å². The topological polar surface area (TPSA) is 105 Å². The summed E-state index contributed by atoms with van der Waals surface area (Å²) in [5.41, 5.74) is 10.7. The van der Waals surface area contributed by atoms with Crippen LogP contribution in [-0.2, 0) is 4.74 Å². The number of benzene rings is 2. The first kappa shape index (κ1) is 20.8. The first-order valence-electron chi connectivity index (χ1n) is 10.3. The van der Waals surface area contributed by atoms with Crippen molar-refractivity contribution in [3.05, 3.63) is 65.9 Å². The molecule has 2 aromatic carbocycles. The number of carbonyl (C=O) groups is 1. The molecule has 2 heterocycles. The van der Waals surface area contributed by atoms with Crippen LogP contribution in [0, 0.1) is 6.92 Å². The highest BCUT2D eigenvalue weighted by Gasteiger charge is 2.12. The smallest absolute Gasteiger partial charge is 0.252 e. The number of nitrogens with one attached hydrogen (secondary N) is 2. The summed E-state index contributed by atoms with van der Waals surface area (Å²) >= 11 is 0. The average molecular weight is 419 g/mol. The molecule has 0 saturated carbocycles. The molecule has 0 bridgehead atoms. The van der Waals surface area contributed by atoms with E-state index in [9.17, 15) is 4.79 Å². The molecule has 1 aliphatic rings. The number of ether oxygens (including phenoxy) is 1. The molecule has 1 aliphatic heterocycles. The minimum atomic E-state index is -0.192. The highest BCUT2D eigenvalue weighted by molar-refractivity contribution is 5.95. The Morgan fingerprint density at radius 2 is 1.90 bits per heavy atom. The molecule has 160 valence electrons. The Morgan fingerprint density at radius 3 is 2.61 bits per heavy atom. The third kappa shape index (κ3) is 4.99. The molecule has 0 aliphatic carbocycles. The van der Waals surface area contributed by atoms with Crippen molar-refractivity contribution in [1.82, 2.24) is 15.3 Å². The van der Waals surface area contributed by atoms with Crippen LogP contribution < -0.4 is 21.3 Å². The summed E-state index contributed by atoms with van der Waals surface area (Å²) in [5.74, 6) is 0.323. The molecule has 1 aromatic heterocycles. The van der Waals surface area contributed by atoms with Gasteiger partial charge in [-0.1, -0.05) is 6.07 Å². The standard InChI is InChI=1S/C23H26N6O2/c1-16-14-17(22(30)26-15-24)2-7-20(16)21-8-9-25-23(28-21)27-18-3-5-19(6-4-18)29-10-12-31-13-11-29/h2-9,14H,10-13,15,24H2,1H3,(H,26,30)(H,25,27,28). The number of morpholine rings is 1. The van der Waals surface area contributed by atoms with Gasteiger partial charge in [0.1, 0.15) is 0 Å². The van der Waals surface area contributed by atoms with E-state index in [1.54, 1.807) is 12.3 Å². The zero-order valence-electron chi connectivity index (χ0n) is 17.5. The molecule has 0 atom stereocenters. The van der Waals surface area contributed by atoms with Gasteiger partial charge in [-0.2, -0.15) is 0 Å². The zero-order valence-corrected chi connectivity index (χ0v) is 17.5. The van der Waals surface area contributed by atoms with E-state index in [0.29, 0.717) is 11.5 Å². The van der Waals surface area contributed by atoms with Gasteiger partial charge < -0.3 is 26.0 Å². The SMILES string of the molecule is Cc1cc(C(=O)NCN)ccc1-c1ccnc(Nc2ccc(N3CCOCC3)cc2)n1. The number of anilines is 3. The molecule has 0 spiro atoms. The molecule has 4 rings (SSSR count). The molecule has 1 amide bonds. The summed E-state index contributed by atoms with van der Waals surface area (Å²) in [6, 6.07) is 15.6. The lowest BCUT2D eigenvalue weighted by Gasteiger charge is -2.28. The molecule has 4 N–H and O–H groups in total. The Morgan fingerprint density at radius 1 is 1.13 bits per heavy atom. The highest BCUT2D eigenvalue weighted by atomic mass is 16.5. The van der Waals surface area contributed by atoms with Crippen LogP contribution >= 0.6 is 0 Å². The van der Waals surface area contributed by atoms with Gasteiger partial charge in [-0.05, 0) is 55.0 Å². The van der Waals surface area contributed by atoms with Gasteiger partial charge in [0.15, 0.2) is 0 Å². The number of hydrogen-bond donors (Lipinski definition) is 3. The number of nitrogens with two attached hydrogens (primary N) is 1. The van der Waals surface area contributed by atoms with Crippen LogP contribution in [0.2, 0.25) is 0 Å². The minimum absolute atomic E-state index is 0.105. The van der Waals surface area contributed by atoms with E-state index in [1.165, 1.54) is 5.69 Å². The molecule has 0 unspecified atom stereocenters. The Bertz CT molecular complexity index is 1050. The van der Waals surface area contributed by atoms with Crippen molar-refractivity contribution >= 4 is 23.2 Å². The van der Waals surface area contributed by atoms with E-state index >= 15 is 0 Å². The van der Waals surface area contributed by atoms with E-state index in [4.69, 9.17) is 10.5 Å².